The van der Waals surface area contributed by atoms with Crippen molar-refractivity contribution in [3.05, 3.63) is 34.3 Å². The highest BCUT2D eigenvalue weighted by Gasteiger charge is 2.30. The summed E-state index contributed by atoms with van der Waals surface area (Å²) in [7, 11) is 0. The first-order chi connectivity index (χ1) is 7.68. The molecule has 16 heavy (non-hydrogen) atoms. The van der Waals surface area contributed by atoms with Gasteiger partial charge in [0.1, 0.15) is 0 Å². The largest absolute Gasteiger partial charge is 0.388 e. The summed E-state index contributed by atoms with van der Waals surface area (Å²) in [5.74, 6) is 1.94. The number of nitrogens with one attached hydrogen (secondary N) is 1. The van der Waals surface area contributed by atoms with Crippen molar-refractivity contribution in [1.82, 2.24) is 5.32 Å². The molecule has 0 spiro atoms. The number of thioether (sulfide) groups is 1. The topological polar surface area (TPSA) is 32.3 Å². The third kappa shape index (κ3) is 3.48. The van der Waals surface area contributed by atoms with Gasteiger partial charge in [-0.1, -0.05) is 28.1 Å². The lowest BCUT2D eigenvalue weighted by atomic mass is 10.0. The zero-order valence-electron chi connectivity index (χ0n) is 9.08. The third-order valence-corrected chi connectivity index (χ3v) is 4.48. The van der Waals surface area contributed by atoms with Gasteiger partial charge < -0.3 is 10.4 Å². The second-order valence-electron chi connectivity index (χ2n) is 4.26. The number of hydrogen-bond donors (Lipinski definition) is 2. The zero-order valence-corrected chi connectivity index (χ0v) is 11.5. The Morgan fingerprint density at radius 1 is 1.50 bits per heavy atom. The van der Waals surface area contributed by atoms with E-state index in [-0.39, 0.29) is 0 Å². The van der Waals surface area contributed by atoms with Crippen molar-refractivity contribution in [3.63, 3.8) is 0 Å². The van der Waals surface area contributed by atoms with Crippen molar-refractivity contribution in [2.24, 2.45) is 0 Å². The predicted molar refractivity (Wildman–Crippen MR) is 72.7 cm³/mol. The summed E-state index contributed by atoms with van der Waals surface area (Å²) in [5, 5.41) is 13.5. The van der Waals surface area contributed by atoms with Gasteiger partial charge in [0.15, 0.2) is 0 Å². The lowest BCUT2D eigenvalue weighted by Crippen LogP contribution is -2.40. The van der Waals surface area contributed by atoms with Crippen LogP contribution in [-0.4, -0.2) is 28.8 Å². The summed E-state index contributed by atoms with van der Waals surface area (Å²) in [6.45, 7) is 1.50. The Morgan fingerprint density at radius 3 is 3.06 bits per heavy atom. The van der Waals surface area contributed by atoms with Gasteiger partial charge in [0.2, 0.25) is 0 Å². The van der Waals surface area contributed by atoms with Crippen LogP contribution in [0.25, 0.3) is 0 Å². The molecule has 2 rings (SSSR count). The average molecular weight is 302 g/mol. The van der Waals surface area contributed by atoms with Crippen LogP contribution in [-0.2, 0) is 6.54 Å². The summed E-state index contributed by atoms with van der Waals surface area (Å²) >= 11 is 5.28. The maximum Gasteiger partial charge on any atom is 0.0869 e. The van der Waals surface area contributed by atoms with Gasteiger partial charge in [0.25, 0.3) is 0 Å². The molecule has 88 valence electrons. The molecular weight excluding hydrogens is 286 g/mol. The van der Waals surface area contributed by atoms with Crippen LogP contribution in [0.5, 0.6) is 0 Å². The monoisotopic (exact) mass is 301 g/mol. The normalized spacial score (nSPS) is 24.9. The molecule has 0 radical (unpaired) electrons. The molecule has 2 nitrogen and oxygen atoms in total. The number of rotatable bonds is 4. The Balaban J connectivity index is 1.79. The molecule has 4 heteroatoms. The second-order valence-corrected chi connectivity index (χ2v) is 6.28. The van der Waals surface area contributed by atoms with Crippen LogP contribution in [0.2, 0.25) is 0 Å². The van der Waals surface area contributed by atoms with Crippen molar-refractivity contribution in [2.45, 2.75) is 18.6 Å². The Kier molecular flexibility index (Phi) is 4.30. The first-order valence-corrected chi connectivity index (χ1v) is 7.38. The van der Waals surface area contributed by atoms with Crippen LogP contribution in [0.1, 0.15) is 12.0 Å². The number of hydrogen-bond acceptors (Lipinski definition) is 3. The Hall–Kier alpha value is -0.0300. The minimum absolute atomic E-state index is 0.489. The van der Waals surface area contributed by atoms with E-state index in [1.165, 1.54) is 5.56 Å². The van der Waals surface area contributed by atoms with Gasteiger partial charge in [-0.3, -0.25) is 0 Å². The fraction of sp³-hybridized carbons (Fsp3) is 0.500. The molecule has 1 aliphatic heterocycles. The van der Waals surface area contributed by atoms with Gasteiger partial charge in [0, 0.05) is 23.3 Å². The highest BCUT2D eigenvalue weighted by atomic mass is 79.9. The summed E-state index contributed by atoms with van der Waals surface area (Å²) in [4.78, 5) is 0. The molecule has 1 aromatic carbocycles. The van der Waals surface area contributed by atoms with Crippen LogP contribution in [0.15, 0.2) is 28.7 Å². The van der Waals surface area contributed by atoms with Crippen LogP contribution < -0.4 is 5.32 Å². The Bertz CT molecular complexity index is 353. The fourth-order valence-electron chi connectivity index (χ4n) is 1.82. The lowest BCUT2D eigenvalue weighted by molar-refractivity contribution is 0.0675. The highest BCUT2D eigenvalue weighted by Crippen LogP contribution is 2.27. The van der Waals surface area contributed by atoms with E-state index < -0.39 is 5.60 Å². The maximum absolute atomic E-state index is 10.1. The molecule has 0 amide bonds. The molecule has 1 aromatic rings. The molecule has 1 unspecified atom stereocenters. The molecule has 0 bridgehead atoms. The van der Waals surface area contributed by atoms with Crippen molar-refractivity contribution in [3.8, 4) is 0 Å². The Morgan fingerprint density at radius 2 is 2.38 bits per heavy atom. The van der Waals surface area contributed by atoms with E-state index in [9.17, 15) is 5.11 Å². The van der Waals surface area contributed by atoms with Gasteiger partial charge in [0.05, 0.1) is 5.60 Å². The van der Waals surface area contributed by atoms with E-state index in [1.54, 1.807) is 0 Å². The van der Waals surface area contributed by atoms with Crippen LogP contribution in [0.4, 0.5) is 0 Å². The highest BCUT2D eigenvalue weighted by molar-refractivity contribution is 9.10. The van der Waals surface area contributed by atoms with E-state index in [0.29, 0.717) is 6.54 Å². The number of benzene rings is 1. The second kappa shape index (κ2) is 5.54. The number of aliphatic hydroxyl groups is 1. The zero-order chi connectivity index (χ0) is 11.4. The predicted octanol–water partition coefficient (Wildman–Crippen LogP) is 2.41. The van der Waals surface area contributed by atoms with Crippen LogP contribution in [0, 0.1) is 0 Å². The van der Waals surface area contributed by atoms with E-state index in [1.807, 2.05) is 23.9 Å². The van der Waals surface area contributed by atoms with E-state index in [0.717, 1.165) is 28.9 Å². The molecule has 1 heterocycles. The molecule has 2 N–H and O–H groups in total. The quantitative estimate of drug-likeness (QED) is 0.896. The van der Waals surface area contributed by atoms with Crippen LogP contribution in [0.3, 0.4) is 0 Å². The molecule has 0 aliphatic carbocycles. The molecule has 1 fully saturated rings. The van der Waals surface area contributed by atoms with Gasteiger partial charge in [-0.2, -0.15) is 11.8 Å². The van der Waals surface area contributed by atoms with Crippen molar-refractivity contribution in [1.29, 1.82) is 0 Å². The summed E-state index contributed by atoms with van der Waals surface area (Å²) < 4.78 is 1.10. The molecule has 0 saturated carbocycles. The van der Waals surface area contributed by atoms with Gasteiger partial charge in [-0.25, -0.2) is 0 Å². The summed E-state index contributed by atoms with van der Waals surface area (Å²) in [5.41, 5.74) is 0.750. The van der Waals surface area contributed by atoms with E-state index in [2.05, 4.69) is 33.4 Å². The molecular formula is C12H16BrNOS. The molecule has 0 aromatic heterocycles. The minimum atomic E-state index is -0.489. The first-order valence-electron chi connectivity index (χ1n) is 5.43. The SMILES string of the molecule is OC1(CNCc2cccc(Br)c2)CCSC1. The van der Waals surface area contributed by atoms with Crippen molar-refractivity contribution in [2.75, 3.05) is 18.1 Å². The number of halogens is 1. The average Bonchev–Trinajstić information content (AvgIpc) is 2.65. The van der Waals surface area contributed by atoms with E-state index >= 15 is 0 Å². The smallest absolute Gasteiger partial charge is 0.0869 e. The summed E-state index contributed by atoms with van der Waals surface area (Å²) in [6, 6.07) is 8.23. The van der Waals surface area contributed by atoms with Gasteiger partial charge in [-0.15, -0.1) is 0 Å². The first kappa shape index (κ1) is 12.4. The molecule has 1 aliphatic rings. The van der Waals surface area contributed by atoms with Gasteiger partial charge >= 0.3 is 0 Å². The molecule has 1 saturated heterocycles. The maximum atomic E-state index is 10.1. The lowest BCUT2D eigenvalue weighted by Gasteiger charge is -2.21. The van der Waals surface area contributed by atoms with Crippen LogP contribution >= 0.6 is 27.7 Å². The van der Waals surface area contributed by atoms with Gasteiger partial charge in [-0.05, 0) is 29.9 Å². The summed E-state index contributed by atoms with van der Waals surface area (Å²) in [6.07, 6.45) is 0.906. The van der Waals surface area contributed by atoms with Crippen molar-refractivity contribution >= 4 is 27.7 Å². The minimum Gasteiger partial charge on any atom is -0.388 e. The molecule has 1 atom stereocenters. The standard InChI is InChI=1S/C12H16BrNOS/c13-11-3-1-2-10(6-11)7-14-8-12(15)4-5-16-9-12/h1-3,6,14-15H,4-5,7-9H2. The third-order valence-electron chi connectivity index (χ3n) is 2.75. The van der Waals surface area contributed by atoms with Crippen molar-refractivity contribution < 1.29 is 5.11 Å². The Labute approximate surface area is 109 Å². The van der Waals surface area contributed by atoms with E-state index in [4.69, 9.17) is 0 Å². The fourth-order valence-corrected chi connectivity index (χ4v) is 3.56.